The van der Waals surface area contributed by atoms with E-state index in [4.69, 9.17) is 5.73 Å². The van der Waals surface area contributed by atoms with Gasteiger partial charge < -0.3 is 5.73 Å². The molecule has 80 valence electrons. The second-order valence-corrected chi connectivity index (χ2v) is 5.31. The van der Waals surface area contributed by atoms with Gasteiger partial charge in [-0.05, 0) is 30.6 Å². The molecule has 0 spiro atoms. The molecule has 0 radical (unpaired) electrons. The monoisotopic (exact) mass is 196 g/mol. The van der Waals surface area contributed by atoms with Crippen LogP contribution in [0.25, 0.3) is 0 Å². The van der Waals surface area contributed by atoms with Crippen molar-refractivity contribution < 1.29 is 4.79 Å². The molecule has 14 heavy (non-hydrogen) atoms. The van der Waals surface area contributed by atoms with Gasteiger partial charge in [-0.25, -0.2) is 0 Å². The van der Waals surface area contributed by atoms with Gasteiger partial charge in [0.25, 0.3) is 0 Å². The lowest BCUT2D eigenvalue weighted by Crippen LogP contribution is -2.47. The minimum Gasteiger partial charge on any atom is -0.368 e. The lowest BCUT2D eigenvalue weighted by molar-refractivity contribution is -0.120. The molecule has 3 heteroatoms. The SMILES string of the molecule is CC(C)[C@H](C)C12CC1CC(C(N)=O)N2. The van der Waals surface area contributed by atoms with E-state index in [1.54, 1.807) is 0 Å². The number of amides is 1. The van der Waals surface area contributed by atoms with E-state index in [-0.39, 0.29) is 17.5 Å². The first-order chi connectivity index (χ1) is 6.47. The molecular formula is C11H20N2O. The van der Waals surface area contributed by atoms with Gasteiger partial charge in [-0.2, -0.15) is 0 Å². The van der Waals surface area contributed by atoms with Crippen LogP contribution in [0.2, 0.25) is 0 Å². The highest BCUT2D eigenvalue weighted by Gasteiger charge is 2.63. The molecule has 3 N–H and O–H groups in total. The number of piperidine rings is 1. The van der Waals surface area contributed by atoms with Crippen LogP contribution in [0.15, 0.2) is 0 Å². The highest BCUT2D eigenvalue weighted by molar-refractivity contribution is 5.80. The summed E-state index contributed by atoms with van der Waals surface area (Å²) >= 11 is 0. The zero-order valence-corrected chi connectivity index (χ0v) is 9.21. The quantitative estimate of drug-likeness (QED) is 0.704. The van der Waals surface area contributed by atoms with Gasteiger partial charge in [0.2, 0.25) is 5.91 Å². The van der Waals surface area contributed by atoms with Crippen molar-refractivity contribution in [1.82, 2.24) is 5.32 Å². The van der Waals surface area contributed by atoms with E-state index in [0.717, 1.165) is 6.42 Å². The van der Waals surface area contributed by atoms with E-state index < -0.39 is 0 Å². The first kappa shape index (κ1) is 9.97. The summed E-state index contributed by atoms with van der Waals surface area (Å²) in [5.41, 5.74) is 5.56. The molecule has 2 rings (SSSR count). The van der Waals surface area contributed by atoms with Crippen LogP contribution < -0.4 is 11.1 Å². The maximum absolute atomic E-state index is 11.1. The number of carbonyl (C=O) groups is 1. The van der Waals surface area contributed by atoms with E-state index in [2.05, 4.69) is 26.1 Å². The number of primary amides is 1. The first-order valence-corrected chi connectivity index (χ1v) is 5.54. The Labute approximate surface area is 85.4 Å². The average Bonchev–Trinajstić information content (AvgIpc) is 2.68. The third-order valence-corrected chi connectivity index (χ3v) is 4.27. The van der Waals surface area contributed by atoms with Crippen molar-refractivity contribution >= 4 is 5.91 Å². The van der Waals surface area contributed by atoms with Crippen molar-refractivity contribution in [3.05, 3.63) is 0 Å². The van der Waals surface area contributed by atoms with Gasteiger partial charge >= 0.3 is 0 Å². The maximum Gasteiger partial charge on any atom is 0.234 e. The first-order valence-electron chi connectivity index (χ1n) is 5.54. The van der Waals surface area contributed by atoms with Gasteiger partial charge in [-0.3, -0.25) is 10.1 Å². The van der Waals surface area contributed by atoms with Crippen LogP contribution in [-0.2, 0) is 4.79 Å². The van der Waals surface area contributed by atoms with Crippen molar-refractivity contribution in [1.29, 1.82) is 0 Å². The van der Waals surface area contributed by atoms with Gasteiger partial charge in [-0.1, -0.05) is 20.8 Å². The zero-order valence-electron chi connectivity index (χ0n) is 9.21. The summed E-state index contributed by atoms with van der Waals surface area (Å²) in [6.45, 7) is 6.77. The lowest BCUT2D eigenvalue weighted by atomic mass is 9.87. The van der Waals surface area contributed by atoms with Crippen LogP contribution in [0, 0.1) is 17.8 Å². The van der Waals surface area contributed by atoms with E-state index in [1.165, 1.54) is 6.42 Å². The molecule has 3 unspecified atom stereocenters. The van der Waals surface area contributed by atoms with E-state index in [0.29, 0.717) is 17.8 Å². The van der Waals surface area contributed by atoms with Gasteiger partial charge in [0.15, 0.2) is 0 Å². The molecule has 0 bridgehead atoms. The Hall–Kier alpha value is -0.570. The molecule has 0 aromatic heterocycles. The van der Waals surface area contributed by atoms with Crippen LogP contribution in [0.5, 0.6) is 0 Å². The van der Waals surface area contributed by atoms with E-state index >= 15 is 0 Å². The van der Waals surface area contributed by atoms with Crippen LogP contribution in [0.1, 0.15) is 33.6 Å². The Balaban J connectivity index is 2.05. The number of nitrogens with one attached hydrogen (secondary N) is 1. The molecule has 2 fully saturated rings. The second kappa shape index (κ2) is 2.96. The Morgan fingerprint density at radius 3 is 2.57 bits per heavy atom. The lowest BCUT2D eigenvalue weighted by Gasteiger charge is -2.27. The fraction of sp³-hybridized carbons (Fsp3) is 0.909. The van der Waals surface area contributed by atoms with Crippen LogP contribution in [0.3, 0.4) is 0 Å². The van der Waals surface area contributed by atoms with Gasteiger partial charge in [-0.15, -0.1) is 0 Å². The van der Waals surface area contributed by atoms with Crippen molar-refractivity contribution in [2.45, 2.75) is 45.2 Å². The summed E-state index contributed by atoms with van der Waals surface area (Å²) in [6.07, 6.45) is 2.18. The Bertz CT molecular complexity index is 264. The number of nitrogens with two attached hydrogens (primary N) is 1. The maximum atomic E-state index is 11.1. The van der Waals surface area contributed by atoms with Crippen molar-refractivity contribution in [3.63, 3.8) is 0 Å². The van der Waals surface area contributed by atoms with Crippen LogP contribution >= 0.6 is 0 Å². The minimum absolute atomic E-state index is 0.0741. The Morgan fingerprint density at radius 2 is 2.14 bits per heavy atom. The smallest absolute Gasteiger partial charge is 0.234 e. The van der Waals surface area contributed by atoms with Crippen LogP contribution in [0.4, 0.5) is 0 Å². The minimum atomic E-state index is -0.187. The summed E-state index contributed by atoms with van der Waals surface area (Å²) in [5.74, 6) is 1.81. The number of hydrogen-bond acceptors (Lipinski definition) is 2. The number of carbonyl (C=O) groups excluding carboxylic acids is 1. The molecule has 1 amide bonds. The molecule has 1 aliphatic carbocycles. The zero-order chi connectivity index (χ0) is 10.5. The van der Waals surface area contributed by atoms with Crippen molar-refractivity contribution in [2.24, 2.45) is 23.5 Å². The van der Waals surface area contributed by atoms with Crippen molar-refractivity contribution in [3.8, 4) is 0 Å². The van der Waals surface area contributed by atoms with Gasteiger partial charge in [0.1, 0.15) is 0 Å². The second-order valence-electron chi connectivity index (χ2n) is 5.31. The number of fused-ring (bicyclic) bond motifs is 1. The summed E-state index contributed by atoms with van der Waals surface area (Å²) in [7, 11) is 0. The highest BCUT2D eigenvalue weighted by atomic mass is 16.1. The molecule has 4 atom stereocenters. The third-order valence-electron chi connectivity index (χ3n) is 4.27. The Kier molecular flexibility index (Phi) is 2.11. The predicted octanol–water partition coefficient (Wildman–Crippen LogP) is 0.884. The predicted molar refractivity (Wildman–Crippen MR) is 55.6 cm³/mol. The summed E-state index contributed by atoms with van der Waals surface area (Å²) in [5, 5.41) is 3.45. The molecule has 0 aromatic rings. The molecule has 3 nitrogen and oxygen atoms in total. The molecule has 1 aliphatic heterocycles. The molecule has 1 heterocycles. The van der Waals surface area contributed by atoms with Gasteiger partial charge in [0, 0.05) is 5.54 Å². The normalized spacial score (nSPS) is 42.3. The molecule has 1 saturated carbocycles. The van der Waals surface area contributed by atoms with Crippen molar-refractivity contribution in [2.75, 3.05) is 0 Å². The molecular weight excluding hydrogens is 176 g/mol. The standard InChI is InChI=1S/C11H20N2O/c1-6(2)7(3)11-5-8(11)4-9(13-11)10(12)14/h6-9,13H,4-5H2,1-3H3,(H2,12,14)/t7-,8?,9?,11?/m0/s1. The fourth-order valence-corrected chi connectivity index (χ4v) is 2.96. The largest absolute Gasteiger partial charge is 0.368 e. The fourth-order valence-electron chi connectivity index (χ4n) is 2.96. The molecule has 1 saturated heterocycles. The summed E-state index contributed by atoms with van der Waals surface area (Å²) in [6, 6.07) is -0.0741. The van der Waals surface area contributed by atoms with Gasteiger partial charge in [0.05, 0.1) is 6.04 Å². The number of hydrogen-bond donors (Lipinski definition) is 2. The van der Waals surface area contributed by atoms with Crippen LogP contribution in [-0.4, -0.2) is 17.5 Å². The molecule has 0 aromatic carbocycles. The third kappa shape index (κ3) is 1.26. The van der Waals surface area contributed by atoms with E-state index in [1.807, 2.05) is 0 Å². The topological polar surface area (TPSA) is 55.1 Å². The highest BCUT2D eigenvalue weighted by Crippen LogP contribution is 2.57. The number of rotatable bonds is 3. The summed E-state index contributed by atoms with van der Waals surface area (Å²) < 4.78 is 0. The summed E-state index contributed by atoms with van der Waals surface area (Å²) in [4.78, 5) is 11.1. The average molecular weight is 196 g/mol. The van der Waals surface area contributed by atoms with E-state index in [9.17, 15) is 4.79 Å². The Morgan fingerprint density at radius 1 is 1.50 bits per heavy atom. The molecule has 2 aliphatic rings.